The van der Waals surface area contributed by atoms with E-state index in [9.17, 15) is 9.59 Å². The lowest BCUT2D eigenvalue weighted by atomic mass is 9.95. The number of anilines is 1. The first-order valence-corrected chi connectivity index (χ1v) is 9.47. The van der Waals surface area contributed by atoms with E-state index in [1.165, 1.54) is 25.6 Å². The van der Waals surface area contributed by atoms with Crippen LogP contribution in [0.25, 0.3) is 0 Å². The lowest BCUT2D eigenvalue weighted by Gasteiger charge is -2.33. The van der Waals surface area contributed by atoms with Gasteiger partial charge < -0.3 is 19.9 Å². The van der Waals surface area contributed by atoms with Gasteiger partial charge in [-0.15, -0.1) is 0 Å². The molecule has 1 aliphatic heterocycles. The quantitative estimate of drug-likeness (QED) is 0.884. The van der Waals surface area contributed by atoms with Gasteiger partial charge in [0.05, 0.1) is 6.61 Å². The standard InChI is InChI=1S/C18H27N5O3/c1-2-26-18(25)23-10-8-22(9-11-23)17(24)15-12-16(20-13-19-15)21-14-6-4-3-5-7-14/h12-14H,2-11H2,1H3,(H,19,20,21). The van der Waals surface area contributed by atoms with Crippen LogP contribution in [0.4, 0.5) is 10.6 Å². The Balaban J connectivity index is 1.56. The number of nitrogens with one attached hydrogen (secondary N) is 1. The fourth-order valence-electron chi connectivity index (χ4n) is 3.48. The van der Waals surface area contributed by atoms with E-state index in [4.69, 9.17) is 4.74 Å². The third-order valence-corrected chi connectivity index (χ3v) is 4.94. The Hall–Kier alpha value is -2.38. The second-order valence-electron chi connectivity index (χ2n) is 6.75. The van der Waals surface area contributed by atoms with E-state index in [-0.39, 0.29) is 12.0 Å². The highest BCUT2D eigenvalue weighted by atomic mass is 16.6. The molecular formula is C18H27N5O3. The van der Waals surface area contributed by atoms with Gasteiger partial charge in [0.2, 0.25) is 0 Å². The Bertz CT molecular complexity index is 625. The molecule has 1 aromatic rings. The van der Waals surface area contributed by atoms with Gasteiger partial charge in [-0.2, -0.15) is 0 Å². The zero-order chi connectivity index (χ0) is 18.4. The fourth-order valence-corrected chi connectivity index (χ4v) is 3.48. The number of amides is 2. The molecule has 8 heteroatoms. The van der Waals surface area contributed by atoms with Crippen molar-refractivity contribution in [2.45, 2.75) is 45.1 Å². The minimum Gasteiger partial charge on any atom is -0.450 e. The smallest absolute Gasteiger partial charge is 0.409 e. The molecule has 0 unspecified atom stereocenters. The first kappa shape index (κ1) is 18.4. The van der Waals surface area contributed by atoms with Crippen molar-refractivity contribution < 1.29 is 14.3 Å². The van der Waals surface area contributed by atoms with Crippen LogP contribution in [-0.4, -0.2) is 70.6 Å². The van der Waals surface area contributed by atoms with E-state index in [0.717, 1.165) is 12.8 Å². The van der Waals surface area contributed by atoms with Crippen molar-refractivity contribution in [1.82, 2.24) is 19.8 Å². The lowest BCUT2D eigenvalue weighted by Crippen LogP contribution is -2.50. The Labute approximate surface area is 153 Å². The summed E-state index contributed by atoms with van der Waals surface area (Å²) in [6, 6.07) is 2.16. The zero-order valence-electron chi connectivity index (χ0n) is 15.3. The molecule has 0 aromatic carbocycles. The third-order valence-electron chi connectivity index (χ3n) is 4.94. The van der Waals surface area contributed by atoms with Gasteiger partial charge in [0, 0.05) is 38.3 Å². The predicted molar refractivity (Wildman–Crippen MR) is 97.0 cm³/mol. The molecule has 3 rings (SSSR count). The summed E-state index contributed by atoms with van der Waals surface area (Å²) in [5.41, 5.74) is 0.392. The molecule has 8 nitrogen and oxygen atoms in total. The second kappa shape index (κ2) is 8.82. The van der Waals surface area contributed by atoms with Gasteiger partial charge in [-0.1, -0.05) is 19.3 Å². The van der Waals surface area contributed by atoms with Crippen LogP contribution >= 0.6 is 0 Å². The first-order chi connectivity index (χ1) is 12.7. The molecule has 2 fully saturated rings. The van der Waals surface area contributed by atoms with E-state index < -0.39 is 0 Å². The summed E-state index contributed by atoms with van der Waals surface area (Å²) >= 11 is 0. The summed E-state index contributed by atoms with van der Waals surface area (Å²) < 4.78 is 5.00. The van der Waals surface area contributed by atoms with E-state index in [0.29, 0.717) is 50.3 Å². The number of piperazine rings is 1. The molecule has 2 heterocycles. The highest BCUT2D eigenvalue weighted by Gasteiger charge is 2.26. The van der Waals surface area contributed by atoms with Crippen LogP contribution in [0.5, 0.6) is 0 Å². The first-order valence-electron chi connectivity index (χ1n) is 9.47. The molecule has 0 radical (unpaired) electrons. The molecule has 1 aliphatic carbocycles. The van der Waals surface area contributed by atoms with Crippen molar-refractivity contribution in [3.05, 3.63) is 18.1 Å². The number of nitrogens with zero attached hydrogens (tertiary/aromatic N) is 4. The Kier molecular flexibility index (Phi) is 6.25. The van der Waals surface area contributed by atoms with Crippen molar-refractivity contribution in [3.63, 3.8) is 0 Å². The maximum Gasteiger partial charge on any atom is 0.409 e. The number of carbonyl (C=O) groups is 2. The van der Waals surface area contributed by atoms with Gasteiger partial charge in [0.15, 0.2) is 0 Å². The molecule has 0 atom stereocenters. The summed E-state index contributed by atoms with van der Waals surface area (Å²) in [7, 11) is 0. The average molecular weight is 361 g/mol. The monoisotopic (exact) mass is 361 g/mol. The SMILES string of the molecule is CCOC(=O)N1CCN(C(=O)c2cc(NC3CCCCC3)ncn2)CC1. The molecule has 1 saturated carbocycles. The van der Waals surface area contributed by atoms with Crippen LogP contribution < -0.4 is 5.32 Å². The number of ether oxygens (including phenoxy) is 1. The fraction of sp³-hybridized carbons (Fsp3) is 0.667. The Morgan fingerprint density at radius 2 is 1.81 bits per heavy atom. The molecule has 26 heavy (non-hydrogen) atoms. The largest absolute Gasteiger partial charge is 0.450 e. The maximum absolute atomic E-state index is 12.7. The van der Waals surface area contributed by atoms with E-state index >= 15 is 0 Å². The molecule has 0 spiro atoms. The van der Waals surface area contributed by atoms with Crippen molar-refractivity contribution >= 4 is 17.8 Å². The van der Waals surface area contributed by atoms with Gasteiger partial charge >= 0.3 is 6.09 Å². The normalized spacial score (nSPS) is 18.5. The molecule has 2 aliphatic rings. The average Bonchev–Trinajstić information content (AvgIpc) is 2.69. The summed E-state index contributed by atoms with van der Waals surface area (Å²) in [5, 5.41) is 3.42. The molecular weight excluding hydrogens is 334 g/mol. The molecule has 1 saturated heterocycles. The third kappa shape index (κ3) is 4.62. The van der Waals surface area contributed by atoms with Crippen molar-refractivity contribution in [1.29, 1.82) is 0 Å². The van der Waals surface area contributed by atoms with Crippen molar-refractivity contribution in [2.24, 2.45) is 0 Å². The predicted octanol–water partition coefficient (Wildman–Crippen LogP) is 2.14. The lowest BCUT2D eigenvalue weighted by molar-refractivity contribution is 0.0566. The zero-order valence-corrected chi connectivity index (χ0v) is 15.3. The number of aromatic nitrogens is 2. The van der Waals surface area contributed by atoms with Gasteiger partial charge in [-0.3, -0.25) is 4.79 Å². The highest BCUT2D eigenvalue weighted by molar-refractivity contribution is 5.93. The minimum atomic E-state index is -0.319. The van der Waals surface area contributed by atoms with Crippen molar-refractivity contribution in [2.75, 3.05) is 38.1 Å². The van der Waals surface area contributed by atoms with Gasteiger partial charge in [-0.25, -0.2) is 14.8 Å². The minimum absolute atomic E-state index is 0.123. The van der Waals surface area contributed by atoms with E-state index in [2.05, 4.69) is 15.3 Å². The summed E-state index contributed by atoms with van der Waals surface area (Å²) in [6.07, 6.45) is 7.17. The number of hydrogen-bond donors (Lipinski definition) is 1. The van der Waals surface area contributed by atoms with Crippen LogP contribution in [0.1, 0.15) is 49.5 Å². The van der Waals surface area contributed by atoms with Crippen LogP contribution in [0.3, 0.4) is 0 Å². The van der Waals surface area contributed by atoms with Gasteiger partial charge in [-0.05, 0) is 19.8 Å². The van der Waals surface area contributed by atoms with Crippen molar-refractivity contribution in [3.8, 4) is 0 Å². The number of rotatable bonds is 4. The molecule has 1 aromatic heterocycles. The Morgan fingerprint density at radius 3 is 2.50 bits per heavy atom. The summed E-state index contributed by atoms with van der Waals surface area (Å²) in [4.78, 5) is 36.2. The Morgan fingerprint density at radius 1 is 1.12 bits per heavy atom. The van der Waals surface area contributed by atoms with Crippen LogP contribution in [0.15, 0.2) is 12.4 Å². The maximum atomic E-state index is 12.7. The van der Waals surface area contributed by atoms with Gasteiger partial charge in [0.1, 0.15) is 17.8 Å². The van der Waals surface area contributed by atoms with Gasteiger partial charge in [0.25, 0.3) is 5.91 Å². The number of carbonyl (C=O) groups excluding carboxylic acids is 2. The van der Waals surface area contributed by atoms with Crippen LogP contribution in [0.2, 0.25) is 0 Å². The molecule has 0 bridgehead atoms. The molecule has 142 valence electrons. The summed E-state index contributed by atoms with van der Waals surface area (Å²) in [6.45, 7) is 4.05. The van der Waals surface area contributed by atoms with Crippen LogP contribution in [-0.2, 0) is 4.74 Å². The van der Waals surface area contributed by atoms with E-state index in [1.807, 2.05) is 0 Å². The topological polar surface area (TPSA) is 87.7 Å². The molecule has 2 amide bonds. The molecule has 1 N–H and O–H groups in total. The summed E-state index contributed by atoms with van der Waals surface area (Å²) in [5.74, 6) is 0.586. The van der Waals surface area contributed by atoms with E-state index in [1.54, 1.807) is 22.8 Å². The van der Waals surface area contributed by atoms with Crippen LogP contribution in [0, 0.1) is 0 Å². The highest BCUT2D eigenvalue weighted by Crippen LogP contribution is 2.21. The number of hydrogen-bond acceptors (Lipinski definition) is 6. The second-order valence-corrected chi connectivity index (χ2v) is 6.75.